The normalized spacial score (nSPS) is 16.6. The summed E-state index contributed by atoms with van der Waals surface area (Å²) in [5.41, 5.74) is 7.16. The van der Waals surface area contributed by atoms with Gasteiger partial charge in [0.05, 0.1) is 5.54 Å². The van der Waals surface area contributed by atoms with Crippen molar-refractivity contribution in [3.05, 3.63) is 59.7 Å². The molecule has 0 amide bonds. The van der Waals surface area contributed by atoms with Crippen LogP contribution in [0.1, 0.15) is 36.5 Å². The van der Waals surface area contributed by atoms with Gasteiger partial charge in [0.2, 0.25) is 5.89 Å². The molecule has 0 spiro atoms. The van der Waals surface area contributed by atoms with Crippen LogP contribution in [0.3, 0.4) is 0 Å². The van der Waals surface area contributed by atoms with Gasteiger partial charge in [-0.05, 0) is 42.0 Å². The standard InChI is InChI=1S/C18H19N3O/c19-18(10-3-11-18)17-20-16(22-21-17)9-7-13-6-8-14-4-1-2-5-15(14)12-13/h1-2,4-6,8,12H,3,7,9-11,19H2. The van der Waals surface area contributed by atoms with Crippen LogP contribution < -0.4 is 5.73 Å². The number of aryl methyl sites for hydroxylation is 2. The molecular formula is C18H19N3O. The molecule has 1 aromatic heterocycles. The number of hydrogen-bond acceptors (Lipinski definition) is 4. The van der Waals surface area contributed by atoms with E-state index in [1.165, 1.54) is 16.3 Å². The van der Waals surface area contributed by atoms with Crippen LogP contribution in [0.2, 0.25) is 0 Å². The lowest BCUT2D eigenvalue weighted by atomic mass is 9.77. The predicted molar refractivity (Wildman–Crippen MR) is 85.4 cm³/mol. The van der Waals surface area contributed by atoms with Gasteiger partial charge in [0.15, 0.2) is 5.82 Å². The molecular weight excluding hydrogens is 274 g/mol. The lowest BCUT2D eigenvalue weighted by Crippen LogP contribution is -2.44. The third kappa shape index (κ3) is 2.40. The largest absolute Gasteiger partial charge is 0.339 e. The fourth-order valence-corrected chi connectivity index (χ4v) is 2.99. The molecule has 22 heavy (non-hydrogen) atoms. The summed E-state index contributed by atoms with van der Waals surface area (Å²) in [5, 5.41) is 6.59. The third-order valence-corrected chi connectivity index (χ3v) is 4.60. The number of nitrogens with two attached hydrogens (primary N) is 1. The zero-order valence-corrected chi connectivity index (χ0v) is 12.5. The van der Waals surface area contributed by atoms with Gasteiger partial charge in [0.25, 0.3) is 0 Å². The Hall–Kier alpha value is -2.20. The first-order valence-electron chi connectivity index (χ1n) is 7.83. The van der Waals surface area contributed by atoms with E-state index in [0.29, 0.717) is 11.7 Å². The summed E-state index contributed by atoms with van der Waals surface area (Å²) in [4.78, 5) is 4.48. The summed E-state index contributed by atoms with van der Waals surface area (Å²) in [7, 11) is 0. The van der Waals surface area contributed by atoms with Crippen LogP contribution in [-0.4, -0.2) is 10.1 Å². The summed E-state index contributed by atoms with van der Waals surface area (Å²) >= 11 is 0. The van der Waals surface area contributed by atoms with Crippen molar-refractivity contribution in [3.63, 3.8) is 0 Å². The second kappa shape index (κ2) is 5.21. The van der Waals surface area contributed by atoms with E-state index in [1.54, 1.807) is 0 Å². The molecule has 2 aromatic carbocycles. The molecule has 1 fully saturated rings. The summed E-state index contributed by atoms with van der Waals surface area (Å²) in [6.07, 6.45) is 4.70. The number of fused-ring (bicyclic) bond motifs is 1. The smallest absolute Gasteiger partial charge is 0.227 e. The Labute approximate surface area is 129 Å². The van der Waals surface area contributed by atoms with Crippen molar-refractivity contribution in [2.75, 3.05) is 0 Å². The SMILES string of the molecule is NC1(c2noc(CCc3ccc4ccccc4c3)n2)CCC1. The highest BCUT2D eigenvalue weighted by atomic mass is 16.5. The van der Waals surface area contributed by atoms with Crippen molar-refractivity contribution in [1.29, 1.82) is 0 Å². The molecule has 1 saturated carbocycles. The lowest BCUT2D eigenvalue weighted by molar-refractivity contribution is 0.229. The molecule has 1 aliphatic carbocycles. The minimum atomic E-state index is -0.343. The van der Waals surface area contributed by atoms with E-state index in [2.05, 4.69) is 52.6 Å². The maximum atomic E-state index is 6.22. The van der Waals surface area contributed by atoms with E-state index in [1.807, 2.05) is 0 Å². The van der Waals surface area contributed by atoms with Crippen molar-refractivity contribution in [3.8, 4) is 0 Å². The van der Waals surface area contributed by atoms with Gasteiger partial charge in [-0.25, -0.2) is 0 Å². The Morgan fingerprint density at radius 1 is 1.05 bits per heavy atom. The summed E-state index contributed by atoms with van der Waals surface area (Å²) in [5.74, 6) is 1.35. The van der Waals surface area contributed by atoms with Crippen LogP contribution in [0.5, 0.6) is 0 Å². The van der Waals surface area contributed by atoms with Crippen LogP contribution in [0.4, 0.5) is 0 Å². The number of aromatic nitrogens is 2. The quantitative estimate of drug-likeness (QED) is 0.801. The van der Waals surface area contributed by atoms with E-state index >= 15 is 0 Å². The third-order valence-electron chi connectivity index (χ3n) is 4.60. The molecule has 1 aliphatic rings. The van der Waals surface area contributed by atoms with E-state index in [9.17, 15) is 0 Å². The maximum absolute atomic E-state index is 6.22. The summed E-state index contributed by atoms with van der Waals surface area (Å²) in [6, 6.07) is 14.9. The van der Waals surface area contributed by atoms with Crippen molar-refractivity contribution < 1.29 is 4.52 Å². The molecule has 4 nitrogen and oxygen atoms in total. The van der Waals surface area contributed by atoms with Gasteiger partial charge in [0, 0.05) is 6.42 Å². The molecule has 112 valence electrons. The average Bonchev–Trinajstić information content (AvgIpc) is 3.00. The van der Waals surface area contributed by atoms with Gasteiger partial charge >= 0.3 is 0 Å². The first-order chi connectivity index (χ1) is 10.7. The van der Waals surface area contributed by atoms with Gasteiger partial charge in [0.1, 0.15) is 0 Å². The van der Waals surface area contributed by atoms with Gasteiger partial charge in [-0.15, -0.1) is 0 Å². The Morgan fingerprint density at radius 3 is 2.64 bits per heavy atom. The van der Waals surface area contributed by atoms with E-state index in [0.717, 1.165) is 32.1 Å². The highest BCUT2D eigenvalue weighted by Gasteiger charge is 2.38. The van der Waals surface area contributed by atoms with Crippen LogP contribution in [-0.2, 0) is 18.4 Å². The second-order valence-electron chi connectivity index (χ2n) is 6.20. The molecule has 4 heteroatoms. The minimum Gasteiger partial charge on any atom is -0.339 e. The molecule has 0 unspecified atom stereocenters. The van der Waals surface area contributed by atoms with Crippen molar-refractivity contribution in [2.24, 2.45) is 5.73 Å². The molecule has 4 rings (SSSR count). The maximum Gasteiger partial charge on any atom is 0.227 e. The van der Waals surface area contributed by atoms with Crippen LogP contribution in [0.15, 0.2) is 47.0 Å². The monoisotopic (exact) mass is 293 g/mol. The molecule has 0 saturated heterocycles. The lowest BCUT2D eigenvalue weighted by Gasteiger charge is -2.34. The fraction of sp³-hybridized carbons (Fsp3) is 0.333. The Balaban J connectivity index is 1.47. The van der Waals surface area contributed by atoms with Crippen LogP contribution in [0, 0.1) is 0 Å². The summed E-state index contributed by atoms with van der Waals surface area (Å²) < 4.78 is 5.35. The van der Waals surface area contributed by atoms with Gasteiger partial charge in [-0.3, -0.25) is 0 Å². The topological polar surface area (TPSA) is 64.9 Å². The highest BCUT2D eigenvalue weighted by molar-refractivity contribution is 5.82. The highest BCUT2D eigenvalue weighted by Crippen LogP contribution is 2.36. The molecule has 3 aromatic rings. The van der Waals surface area contributed by atoms with Gasteiger partial charge in [-0.1, -0.05) is 47.6 Å². The van der Waals surface area contributed by atoms with Gasteiger partial charge in [-0.2, -0.15) is 4.98 Å². The molecule has 0 atom stereocenters. The number of hydrogen-bond donors (Lipinski definition) is 1. The van der Waals surface area contributed by atoms with E-state index in [-0.39, 0.29) is 5.54 Å². The summed E-state index contributed by atoms with van der Waals surface area (Å²) in [6.45, 7) is 0. The Kier molecular flexibility index (Phi) is 3.19. The zero-order valence-electron chi connectivity index (χ0n) is 12.5. The molecule has 0 radical (unpaired) electrons. The first kappa shape index (κ1) is 13.5. The van der Waals surface area contributed by atoms with E-state index < -0.39 is 0 Å². The molecule has 1 heterocycles. The minimum absolute atomic E-state index is 0.343. The Bertz CT molecular complexity index is 805. The first-order valence-corrected chi connectivity index (χ1v) is 7.83. The predicted octanol–water partition coefficient (Wildman–Crippen LogP) is 3.35. The number of benzene rings is 2. The van der Waals surface area contributed by atoms with Crippen LogP contribution in [0.25, 0.3) is 10.8 Å². The Morgan fingerprint density at radius 2 is 1.86 bits per heavy atom. The number of nitrogens with zero attached hydrogens (tertiary/aromatic N) is 2. The fourth-order valence-electron chi connectivity index (χ4n) is 2.99. The van der Waals surface area contributed by atoms with Gasteiger partial charge < -0.3 is 10.3 Å². The van der Waals surface area contributed by atoms with Crippen molar-refractivity contribution >= 4 is 10.8 Å². The number of rotatable bonds is 4. The second-order valence-corrected chi connectivity index (χ2v) is 6.20. The van der Waals surface area contributed by atoms with Crippen LogP contribution >= 0.6 is 0 Å². The van der Waals surface area contributed by atoms with Crippen molar-refractivity contribution in [1.82, 2.24) is 10.1 Å². The van der Waals surface area contributed by atoms with E-state index in [4.69, 9.17) is 10.3 Å². The zero-order chi connectivity index (χ0) is 15.0. The van der Waals surface area contributed by atoms with Crippen molar-refractivity contribution in [2.45, 2.75) is 37.6 Å². The molecule has 0 aliphatic heterocycles. The average molecular weight is 293 g/mol. The molecule has 2 N–H and O–H groups in total. The molecule has 0 bridgehead atoms.